The average Bonchev–Trinajstić information content (AvgIpc) is 2.54. The van der Waals surface area contributed by atoms with Crippen molar-refractivity contribution in [3.05, 3.63) is 65.7 Å². The van der Waals surface area contributed by atoms with Gasteiger partial charge in [0.25, 0.3) is 0 Å². The highest BCUT2D eigenvalue weighted by atomic mass is 16.3. The van der Waals surface area contributed by atoms with Gasteiger partial charge in [0.05, 0.1) is 0 Å². The molecule has 4 heteroatoms. The van der Waals surface area contributed by atoms with Crippen molar-refractivity contribution >= 4 is 5.78 Å². The third-order valence-corrected chi connectivity index (χ3v) is 3.54. The predicted molar refractivity (Wildman–Crippen MR) is 88.7 cm³/mol. The lowest BCUT2D eigenvalue weighted by atomic mass is 10.1. The van der Waals surface area contributed by atoms with E-state index in [-0.39, 0.29) is 23.0 Å². The van der Waals surface area contributed by atoms with E-state index in [1.807, 2.05) is 18.2 Å². The van der Waals surface area contributed by atoms with E-state index < -0.39 is 0 Å². The van der Waals surface area contributed by atoms with Crippen LogP contribution in [-0.2, 0) is 17.6 Å². The quantitative estimate of drug-likeness (QED) is 0.540. The third-order valence-electron chi connectivity index (χ3n) is 3.54. The fourth-order valence-electron chi connectivity index (χ4n) is 2.20. The number of phenols is 3. The number of hydrogen-bond donors (Lipinski definition) is 3. The van der Waals surface area contributed by atoms with E-state index in [1.54, 1.807) is 24.3 Å². The van der Waals surface area contributed by atoms with Gasteiger partial charge >= 0.3 is 0 Å². The highest BCUT2D eigenvalue weighted by Crippen LogP contribution is 2.25. The predicted octanol–water partition coefficient (Wildman–Crippen LogP) is 3.49. The highest BCUT2D eigenvalue weighted by molar-refractivity contribution is 5.89. The van der Waals surface area contributed by atoms with Gasteiger partial charge in [-0.15, -0.1) is 0 Å². The summed E-state index contributed by atoms with van der Waals surface area (Å²) in [4.78, 5) is 11.8. The van der Waals surface area contributed by atoms with Crippen LogP contribution in [0.1, 0.15) is 24.0 Å². The van der Waals surface area contributed by atoms with E-state index in [0.717, 1.165) is 24.0 Å². The van der Waals surface area contributed by atoms with E-state index in [1.165, 1.54) is 12.1 Å². The summed E-state index contributed by atoms with van der Waals surface area (Å²) in [5.74, 6) is -0.0448. The van der Waals surface area contributed by atoms with Gasteiger partial charge in [-0.2, -0.15) is 0 Å². The van der Waals surface area contributed by atoms with Crippen LogP contribution in [0.15, 0.2) is 54.6 Å². The molecule has 120 valence electrons. The van der Waals surface area contributed by atoms with E-state index in [4.69, 9.17) is 0 Å². The summed E-state index contributed by atoms with van der Waals surface area (Å²) in [5.41, 5.74) is 1.92. The molecule has 0 amide bonds. The normalized spacial score (nSPS) is 11.0. The Morgan fingerprint density at radius 1 is 0.870 bits per heavy atom. The molecule has 23 heavy (non-hydrogen) atoms. The first-order valence-corrected chi connectivity index (χ1v) is 7.53. The van der Waals surface area contributed by atoms with Gasteiger partial charge in [0.1, 0.15) is 5.75 Å². The lowest BCUT2D eigenvalue weighted by Crippen LogP contribution is -1.96. The van der Waals surface area contributed by atoms with Crippen LogP contribution in [-0.4, -0.2) is 21.1 Å². The van der Waals surface area contributed by atoms with Crippen LogP contribution in [0, 0.1) is 0 Å². The molecule has 2 aromatic rings. The zero-order chi connectivity index (χ0) is 16.7. The van der Waals surface area contributed by atoms with Gasteiger partial charge in [-0.05, 0) is 60.7 Å². The minimum Gasteiger partial charge on any atom is -0.508 e. The molecule has 0 unspecified atom stereocenters. The number of benzene rings is 2. The number of carbonyl (C=O) groups is 1. The largest absolute Gasteiger partial charge is 0.508 e. The standard InChI is InChI=1S/C19H20O4/c20-16(11-7-15-8-12-18(22)19(23)13-15)4-2-1-3-14-5-9-17(21)10-6-14/h2,4-6,8-10,12-13,21-23H,1,3,7,11H2. The van der Waals surface area contributed by atoms with Crippen molar-refractivity contribution in [3.8, 4) is 17.2 Å². The Morgan fingerprint density at radius 3 is 2.26 bits per heavy atom. The molecule has 0 heterocycles. The average molecular weight is 312 g/mol. The van der Waals surface area contributed by atoms with Gasteiger partial charge in [0.2, 0.25) is 0 Å². The van der Waals surface area contributed by atoms with E-state index in [9.17, 15) is 20.1 Å². The molecule has 0 aromatic heterocycles. The first-order chi connectivity index (χ1) is 11.0. The molecule has 2 rings (SSSR count). The van der Waals surface area contributed by atoms with Crippen molar-refractivity contribution in [2.75, 3.05) is 0 Å². The minimum absolute atomic E-state index is 0.0308. The fourth-order valence-corrected chi connectivity index (χ4v) is 2.20. The fraction of sp³-hybridized carbons (Fsp3) is 0.211. The van der Waals surface area contributed by atoms with Crippen LogP contribution in [0.4, 0.5) is 0 Å². The Bertz CT molecular complexity index is 687. The summed E-state index contributed by atoms with van der Waals surface area (Å²) in [6.45, 7) is 0. The first-order valence-electron chi connectivity index (χ1n) is 7.53. The minimum atomic E-state index is -0.167. The molecule has 4 nitrogen and oxygen atoms in total. The number of rotatable bonds is 7. The number of aromatic hydroxyl groups is 3. The second-order valence-electron chi connectivity index (χ2n) is 5.40. The molecular weight excluding hydrogens is 292 g/mol. The first kappa shape index (κ1) is 16.6. The Labute approximate surface area is 135 Å². The molecule has 3 N–H and O–H groups in total. The number of ketones is 1. The molecule has 0 fully saturated rings. The van der Waals surface area contributed by atoms with Crippen molar-refractivity contribution in [1.82, 2.24) is 0 Å². The zero-order valence-corrected chi connectivity index (χ0v) is 12.8. The van der Waals surface area contributed by atoms with Gasteiger partial charge in [-0.1, -0.05) is 24.3 Å². The van der Waals surface area contributed by atoms with Crippen molar-refractivity contribution in [1.29, 1.82) is 0 Å². The molecule has 0 bridgehead atoms. The van der Waals surface area contributed by atoms with Gasteiger partial charge in [0.15, 0.2) is 17.3 Å². The van der Waals surface area contributed by atoms with Gasteiger partial charge in [-0.3, -0.25) is 4.79 Å². The summed E-state index contributed by atoms with van der Waals surface area (Å²) in [7, 11) is 0. The van der Waals surface area contributed by atoms with E-state index >= 15 is 0 Å². The Morgan fingerprint density at radius 2 is 1.57 bits per heavy atom. The lowest BCUT2D eigenvalue weighted by Gasteiger charge is -2.02. The Balaban J connectivity index is 1.73. The second-order valence-corrected chi connectivity index (χ2v) is 5.40. The van der Waals surface area contributed by atoms with Crippen molar-refractivity contribution in [3.63, 3.8) is 0 Å². The molecule has 0 saturated carbocycles. The molecule has 0 aliphatic carbocycles. The number of phenolic OH excluding ortho intramolecular Hbond substituents is 3. The molecule has 0 atom stereocenters. The summed E-state index contributed by atoms with van der Waals surface area (Å²) in [6, 6.07) is 11.6. The van der Waals surface area contributed by atoms with Crippen LogP contribution < -0.4 is 0 Å². The Hall–Kier alpha value is -2.75. The van der Waals surface area contributed by atoms with Gasteiger partial charge in [0, 0.05) is 6.42 Å². The molecule has 2 aromatic carbocycles. The van der Waals surface area contributed by atoms with Crippen LogP contribution in [0.25, 0.3) is 0 Å². The van der Waals surface area contributed by atoms with E-state index in [0.29, 0.717) is 12.8 Å². The lowest BCUT2D eigenvalue weighted by molar-refractivity contribution is -0.114. The monoisotopic (exact) mass is 312 g/mol. The maximum Gasteiger partial charge on any atom is 0.157 e. The van der Waals surface area contributed by atoms with Crippen LogP contribution in [0.3, 0.4) is 0 Å². The third kappa shape index (κ3) is 5.51. The second kappa shape index (κ2) is 8.03. The maximum absolute atomic E-state index is 11.8. The molecular formula is C19H20O4. The van der Waals surface area contributed by atoms with Crippen LogP contribution in [0.5, 0.6) is 17.2 Å². The topological polar surface area (TPSA) is 77.8 Å². The molecule has 0 aliphatic heterocycles. The maximum atomic E-state index is 11.8. The van der Waals surface area contributed by atoms with Crippen molar-refractivity contribution in [2.24, 2.45) is 0 Å². The molecule has 0 aliphatic rings. The number of allylic oxidation sites excluding steroid dienone is 2. The zero-order valence-electron chi connectivity index (χ0n) is 12.8. The van der Waals surface area contributed by atoms with Gasteiger partial charge < -0.3 is 15.3 Å². The van der Waals surface area contributed by atoms with Crippen LogP contribution >= 0.6 is 0 Å². The SMILES string of the molecule is O=C(C=CCCc1ccc(O)cc1)CCc1ccc(O)c(O)c1. The highest BCUT2D eigenvalue weighted by Gasteiger charge is 2.03. The van der Waals surface area contributed by atoms with Crippen LogP contribution in [0.2, 0.25) is 0 Å². The number of carbonyl (C=O) groups excluding carboxylic acids is 1. The van der Waals surface area contributed by atoms with Crippen molar-refractivity contribution < 1.29 is 20.1 Å². The number of hydrogen-bond acceptors (Lipinski definition) is 4. The summed E-state index contributed by atoms with van der Waals surface area (Å²) in [6.07, 6.45) is 5.89. The Kier molecular flexibility index (Phi) is 5.80. The van der Waals surface area contributed by atoms with E-state index in [2.05, 4.69) is 0 Å². The summed E-state index contributed by atoms with van der Waals surface area (Å²) < 4.78 is 0. The molecule has 0 saturated heterocycles. The van der Waals surface area contributed by atoms with Gasteiger partial charge in [-0.25, -0.2) is 0 Å². The van der Waals surface area contributed by atoms with Crippen molar-refractivity contribution in [2.45, 2.75) is 25.7 Å². The molecule has 0 radical (unpaired) electrons. The smallest absolute Gasteiger partial charge is 0.157 e. The summed E-state index contributed by atoms with van der Waals surface area (Å²) in [5, 5.41) is 27.8. The molecule has 0 spiro atoms. The summed E-state index contributed by atoms with van der Waals surface area (Å²) >= 11 is 0. The number of aryl methyl sites for hydroxylation is 2.